The van der Waals surface area contributed by atoms with Crippen molar-refractivity contribution in [1.82, 2.24) is 5.43 Å². The van der Waals surface area contributed by atoms with Crippen LogP contribution in [0.4, 0.5) is 0 Å². The molecule has 0 heterocycles. The molecule has 1 amide bonds. The molecule has 0 spiro atoms. The van der Waals surface area contributed by atoms with E-state index in [0.717, 1.165) is 47.1 Å². The summed E-state index contributed by atoms with van der Waals surface area (Å²) in [5.41, 5.74) is 3.70. The molecular formula is C18H21BrN2O. The Morgan fingerprint density at radius 1 is 1.09 bits per heavy atom. The summed E-state index contributed by atoms with van der Waals surface area (Å²) in [6, 6.07) is 7.90. The molecule has 0 unspecified atom stereocenters. The topological polar surface area (TPSA) is 41.5 Å². The molecule has 22 heavy (non-hydrogen) atoms. The fraction of sp³-hybridized carbons (Fsp3) is 0.556. The summed E-state index contributed by atoms with van der Waals surface area (Å²) in [4.78, 5) is 12.7. The summed E-state index contributed by atoms with van der Waals surface area (Å²) >= 11 is 3.41. The van der Waals surface area contributed by atoms with E-state index in [-0.39, 0.29) is 11.3 Å². The molecule has 4 fully saturated rings. The Labute approximate surface area is 139 Å². The van der Waals surface area contributed by atoms with Crippen LogP contribution < -0.4 is 5.43 Å². The minimum atomic E-state index is -0.119. The van der Waals surface area contributed by atoms with Crippen LogP contribution in [-0.4, -0.2) is 12.1 Å². The van der Waals surface area contributed by atoms with Gasteiger partial charge in [-0.05, 0) is 74.0 Å². The zero-order valence-corrected chi connectivity index (χ0v) is 14.2. The molecule has 4 bridgehead atoms. The third kappa shape index (κ3) is 2.62. The second kappa shape index (κ2) is 5.48. The van der Waals surface area contributed by atoms with Crippen molar-refractivity contribution in [2.24, 2.45) is 28.3 Å². The summed E-state index contributed by atoms with van der Waals surface area (Å²) < 4.78 is 1.04. The number of nitrogens with one attached hydrogen (secondary N) is 1. The number of hydrogen-bond donors (Lipinski definition) is 1. The smallest absolute Gasteiger partial charge is 0.246 e. The van der Waals surface area contributed by atoms with Crippen molar-refractivity contribution in [3.05, 3.63) is 34.3 Å². The molecule has 0 saturated heterocycles. The van der Waals surface area contributed by atoms with Crippen LogP contribution in [0.15, 0.2) is 33.8 Å². The van der Waals surface area contributed by atoms with E-state index in [1.165, 1.54) is 19.3 Å². The minimum absolute atomic E-state index is 0.119. The highest BCUT2D eigenvalue weighted by Crippen LogP contribution is 2.60. The molecule has 0 aromatic heterocycles. The van der Waals surface area contributed by atoms with Crippen molar-refractivity contribution < 1.29 is 4.79 Å². The first kappa shape index (κ1) is 14.4. The molecule has 5 rings (SSSR count). The van der Waals surface area contributed by atoms with E-state index in [9.17, 15) is 4.79 Å². The first-order chi connectivity index (χ1) is 10.6. The lowest BCUT2D eigenvalue weighted by Gasteiger charge is -2.55. The molecule has 1 aromatic rings. The van der Waals surface area contributed by atoms with Crippen molar-refractivity contribution in [2.75, 3.05) is 0 Å². The number of nitrogens with zero attached hydrogens (tertiary/aromatic N) is 1. The number of halogens is 1. The standard InChI is InChI=1S/C18H21BrN2O/c19-16-3-1-12(2-4-16)11-20-21-17(22)18-8-13-5-14(9-18)7-15(6-13)10-18/h1-4,11,13-15H,5-10H2,(H,21,22)/b20-11+. The van der Waals surface area contributed by atoms with Gasteiger partial charge in [0.15, 0.2) is 0 Å². The van der Waals surface area contributed by atoms with Crippen molar-refractivity contribution in [2.45, 2.75) is 38.5 Å². The Kier molecular flexibility index (Phi) is 3.60. The maximum atomic E-state index is 12.7. The Morgan fingerprint density at radius 2 is 1.64 bits per heavy atom. The number of benzene rings is 1. The van der Waals surface area contributed by atoms with Crippen LogP contribution in [-0.2, 0) is 4.79 Å². The first-order valence-corrected chi connectivity index (χ1v) is 9.01. The van der Waals surface area contributed by atoms with Crippen molar-refractivity contribution in [1.29, 1.82) is 0 Å². The lowest BCUT2D eigenvalue weighted by molar-refractivity contribution is -0.146. The average molecular weight is 361 g/mol. The average Bonchev–Trinajstić information content (AvgIpc) is 2.48. The van der Waals surface area contributed by atoms with Crippen LogP contribution in [0.2, 0.25) is 0 Å². The van der Waals surface area contributed by atoms with Crippen LogP contribution in [0.1, 0.15) is 44.1 Å². The van der Waals surface area contributed by atoms with E-state index in [4.69, 9.17) is 0 Å². The summed E-state index contributed by atoms with van der Waals surface area (Å²) in [5, 5.41) is 4.19. The van der Waals surface area contributed by atoms with E-state index in [1.807, 2.05) is 24.3 Å². The van der Waals surface area contributed by atoms with Gasteiger partial charge in [-0.15, -0.1) is 0 Å². The second-order valence-electron chi connectivity index (χ2n) is 7.45. The van der Waals surface area contributed by atoms with Gasteiger partial charge in [0.05, 0.1) is 11.6 Å². The fourth-order valence-electron chi connectivity index (χ4n) is 5.22. The number of rotatable bonds is 3. The van der Waals surface area contributed by atoms with Gasteiger partial charge in [-0.2, -0.15) is 5.10 Å². The third-order valence-electron chi connectivity index (χ3n) is 5.77. The molecule has 1 N–H and O–H groups in total. The van der Waals surface area contributed by atoms with Gasteiger partial charge < -0.3 is 0 Å². The molecule has 4 heteroatoms. The van der Waals surface area contributed by atoms with E-state index in [1.54, 1.807) is 6.21 Å². The number of hydrazone groups is 1. The van der Waals surface area contributed by atoms with Gasteiger partial charge in [-0.3, -0.25) is 4.79 Å². The van der Waals surface area contributed by atoms with Crippen molar-refractivity contribution in [3.63, 3.8) is 0 Å². The molecule has 3 nitrogen and oxygen atoms in total. The third-order valence-corrected chi connectivity index (χ3v) is 6.30. The lowest BCUT2D eigenvalue weighted by atomic mass is 9.49. The summed E-state index contributed by atoms with van der Waals surface area (Å²) in [6.07, 6.45) is 9.04. The predicted octanol–water partition coefficient (Wildman–Crippen LogP) is 4.12. The Bertz CT molecular complexity index is 573. The number of amides is 1. The number of carbonyl (C=O) groups is 1. The fourth-order valence-corrected chi connectivity index (χ4v) is 5.49. The Balaban J connectivity index is 1.43. The number of carbonyl (C=O) groups excluding carboxylic acids is 1. The van der Waals surface area contributed by atoms with Gasteiger partial charge in [0.25, 0.3) is 0 Å². The van der Waals surface area contributed by atoms with Crippen LogP contribution in [0.5, 0.6) is 0 Å². The summed E-state index contributed by atoms with van der Waals surface area (Å²) in [6.45, 7) is 0. The SMILES string of the molecule is O=C(N/N=C/c1ccc(Br)cc1)C12CC3CC(CC(C3)C1)C2. The molecule has 4 saturated carbocycles. The zero-order valence-electron chi connectivity index (χ0n) is 12.6. The van der Waals surface area contributed by atoms with Crippen LogP contribution in [0.25, 0.3) is 0 Å². The summed E-state index contributed by atoms with van der Waals surface area (Å²) in [5.74, 6) is 2.51. The summed E-state index contributed by atoms with van der Waals surface area (Å²) in [7, 11) is 0. The Morgan fingerprint density at radius 3 is 2.18 bits per heavy atom. The van der Waals surface area contributed by atoms with Crippen LogP contribution in [0, 0.1) is 23.2 Å². The Hall–Kier alpha value is -1.16. The zero-order chi connectivity index (χ0) is 15.2. The molecule has 4 aliphatic carbocycles. The molecule has 4 aliphatic rings. The normalized spacial score (nSPS) is 36.0. The highest BCUT2D eigenvalue weighted by Gasteiger charge is 2.54. The second-order valence-corrected chi connectivity index (χ2v) is 8.36. The van der Waals surface area contributed by atoms with Gasteiger partial charge in [-0.25, -0.2) is 5.43 Å². The maximum absolute atomic E-state index is 12.7. The quantitative estimate of drug-likeness (QED) is 0.639. The van der Waals surface area contributed by atoms with Crippen molar-refractivity contribution in [3.8, 4) is 0 Å². The molecule has 0 radical (unpaired) electrons. The molecule has 0 atom stereocenters. The van der Waals surface area contributed by atoms with Crippen molar-refractivity contribution >= 4 is 28.1 Å². The lowest BCUT2D eigenvalue weighted by Crippen LogP contribution is -2.52. The highest BCUT2D eigenvalue weighted by atomic mass is 79.9. The molecule has 116 valence electrons. The van der Waals surface area contributed by atoms with Gasteiger partial charge in [0, 0.05) is 4.47 Å². The van der Waals surface area contributed by atoms with Gasteiger partial charge in [0.1, 0.15) is 0 Å². The largest absolute Gasteiger partial charge is 0.273 e. The molecule has 1 aromatic carbocycles. The monoisotopic (exact) mass is 360 g/mol. The van der Waals surface area contributed by atoms with E-state index in [0.29, 0.717) is 0 Å². The van der Waals surface area contributed by atoms with E-state index < -0.39 is 0 Å². The number of hydrogen-bond acceptors (Lipinski definition) is 2. The van der Waals surface area contributed by atoms with Gasteiger partial charge in [0.2, 0.25) is 5.91 Å². The van der Waals surface area contributed by atoms with E-state index in [2.05, 4.69) is 26.5 Å². The molecule has 0 aliphatic heterocycles. The van der Waals surface area contributed by atoms with Gasteiger partial charge >= 0.3 is 0 Å². The molecular weight excluding hydrogens is 340 g/mol. The maximum Gasteiger partial charge on any atom is 0.246 e. The van der Waals surface area contributed by atoms with Crippen LogP contribution >= 0.6 is 15.9 Å². The van der Waals surface area contributed by atoms with E-state index >= 15 is 0 Å². The predicted molar refractivity (Wildman–Crippen MR) is 90.5 cm³/mol. The highest BCUT2D eigenvalue weighted by molar-refractivity contribution is 9.10. The van der Waals surface area contributed by atoms with Gasteiger partial charge in [-0.1, -0.05) is 28.1 Å². The van der Waals surface area contributed by atoms with Crippen LogP contribution in [0.3, 0.4) is 0 Å². The first-order valence-electron chi connectivity index (χ1n) is 8.22. The minimum Gasteiger partial charge on any atom is -0.273 e.